The minimum Gasteiger partial charge on any atom is -0.319 e. The molecule has 2 aromatic carbocycles. The third kappa shape index (κ3) is 2.68. The van der Waals surface area contributed by atoms with E-state index in [1.807, 2.05) is 30.3 Å². The van der Waals surface area contributed by atoms with Gasteiger partial charge in [-0.1, -0.05) is 41.9 Å². The van der Waals surface area contributed by atoms with Crippen molar-refractivity contribution in [3.63, 3.8) is 0 Å². The van der Waals surface area contributed by atoms with Crippen molar-refractivity contribution in [1.82, 2.24) is 9.55 Å². The van der Waals surface area contributed by atoms with Crippen molar-refractivity contribution in [1.29, 1.82) is 0 Å². The molecule has 1 heterocycles. The second-order valence-electron chi connectivity index (χ2n) is 4.67. The highest BCUT2D eigenvalue weighted by Gasteiger charge is 2.16. The highest BCUT2D eigenvalue weighted by molar-refractivity contribution is 6.30. The molecule has 0 saturated carbocycles. The highest BCUT2D eigenvalue weighted by atomic mass is 35.5. The average Bonchev–Trinajstić information content (AvgIpc) is 2.99. The average molecular weight is 302 g/mol. The van der Waals surface area contributed by atoms with Gasteiger partial charge in [0.15, 0.2) is 0 Å². The Morgan fingerprint density at radius 3 is 2.67 bits per heavy atom. The van der Waals surface area contributed by atoms with Gasteiger partial charge in [-0.2, -0.15) is 0 Å². The molecule has 3 aromatic rings. The van der Waals surface area contributed by atoms with E-state index in [0.29, 0.717) is 16.4 Å². The van der Waals surface area contributed by atoms with Crippen LogP contribution in [-0.2, 0) is 0 Å². The molecular formula is C16H13ClFN3. The fourth-order valence-corrected chi connectivity index (χ4v) is 2.40. The Labute approximate surface area is 126 Å². The number of aromatic nitrogens is 2. The zero-order valence-electron chi connectivity index (χ0n) is 11.1. The first-order valence-electron chi connectivity index (χ1n) is 6.45. The van der Waals surface area contributed by atoms with E-state index in [2.05, 4.69) is 4.98 Å². The lowest BCUT2D eigenvalue weighted by Crippen LogP contribution is -2.16. The number of hydrogen-bond donors (Lipinski definition) is 1. The molecule has 1 unspecified atom stereocenters. The Kier molecular flexibility index (Phi) is 3.73. The molecule has 106 valence electrons. The van der Waals surface area contributed by atoms with Gasteiger partial charge in [0.2, 0.25) is 0 Å². The number of nitrogens with zero attached hydrogens (tertiary/aromatic N) is 2. The topological polar surface area (TPSA) is 43.8 Å². The lowest BCUT2D eigenvalue weighted by atomic mass is 10.1. The van der Waals surface area contributed by atoms with E-state index in [0.717, 1.165) is 5.56 Å². The summed E-state index contributed by atoms with van der Waals surface area (Å²) in [6, 6.07) is 13.6. The van der Waals surface area contributed by atoms with Crippen LogP contribution in [0.25, 0.3) is 5.69 Å². The molecule has 0 aliphatic carbocycles. The monoisotopic (exact) mass is 301 g/mol. The van der Waals surface area contributed by atoms with Crippen molar-refractivity contribution >= 4 is 11.6 Å². The zero-order valence-corrected chi connectivity index (χ0v) is 11.8. The molecule has 0 aliphatic rings. The Morgan fingerprint density at radius 2 is 1.90 bits per heavy atom. The van der Waals surface area contributed by atoms with Crippen LogP contribution in [0.4, 0.5) is 4.39 Å². The molecule has 0 saturated heterocycles. The van der Waals surface area contributed by atoms with Crippen molar-refractivity contribution in [2.24, 2.45) is 5.73 Å². The molecular weight excluding hydrogens is 289 g/mol. The van der Waals surface area contributed by atoms with Crippen molar-refractivity contribution < 1.29 is 4.39 Å². The lowest BCUT2D eigenvalue weighted by Gasteiger charge is -2.15. The first-order chi connectivity index (χ1) is 10.2. The van der Waals surface area contributed by atoms with Gasteiger partial charge in [-0.3, -0.25) is 4.57 Å². The van der Waals surface area contributed by atoms with Crippen molar-refractivity contribution in [2.45, 2.75) is 6.04 Å². The predicted molar refractivity (Wildman–Crippen MR) is 81.0 cm³/mol. The predicted octanol–water partition coefficient (Wildman–Crippen LogP) is 3.71. The van der Waals surface area contributed by atoms with Crippen LogP contribution in [0.1, 0.15) is 17.3 Å². The van der Waals surface area contributed by atoms with Gasteiger partial charge in [0.05, 0.1) is 29.9 Å². The Hall–Kier alpha value is -2.17. The standard InChI is InChI=1S/C16H13ClFN3/c17-12-6-7-13(18)14(8-12)21-10-20-9-15(21)16(19)11-4-2-1-3-5-11/h1-10,16H,19H2. The molecule has 1 aromatic heterocycles. The van der Waals surface area contributed by atoms with Crippen LogP contribution >= 0.6 is 11.6 Å². The summed E-state index contributed by atoms with van der Waals surface area (Å²) in [5, 5.41) is 0.458. The molecule has 3 rings (SSSR count). The van der Waals surface area contributed by atoms with Crippen LogP contribution < -0.4 is 5.73 Å². The van der Waals surface area contributed by atoms with Crippen LogP contribution in [0.2, 0.25) is 5.02 Å². The summed E-state index contributed by atoms with van der Waals surface area (Å²) in [5.74, 6) is -0.376. The molecule has 0 spiro atoms. The third-order valence-electron chi connectivity index (χ3n) is 3.31. The van der Waals surface area contributed by atoms with E-state index in [9.17, 15) is 4.39 Å². The molecule has 21 heavy (non-hydrogen) atoms. The number of halogens is 2. The number of nitrogens with two attached hydrogens (primary N) is 1. The summed E-state index contributed by atoms with van der Waals surface area (Å²) >= 11 is 5.95. The van der Waals surface area contributed by atoms with Crippen LogP contribution in [0, 0.1) is 5.82 Å². The summed E-state index contributed by atoms with van der Waals surface area (Å²) in [6.45, 7) is 0. The van der Waals surface area contributed by atoms with Gasteiger partial charge in [0.1, 0.15) is 5.82 Å². The van der Waals surface area contributed by atoms with E-state index in [-0.39, 0.29) is 5.82 Å². The summed E-state index contributed by atoms with van der Waals surface area (Å²) in [6.07, 6.45) is 3.17. The van der Waals surface area contributed by atoms with Crippen LogP contribution in [0.5, 0.6) is 0 Å². The van der Waals surface area contributed by atoms with E-state index in [1.165, 1.54) is 18.5 Å². The number of hydrogen-bond acceptors (Lipinski definition) is 2. The summed E-state index contributed by atoms with van der Waals surface area (Å²) in [7, 11) is 0. The van der Waals surface area contributed by atoms with E-state index in [4.69, 9.17) is 17.3 Å². The van der Waals surface area contributed by atoms with Gasteiger partial charge in [-0.15, -0.1) is 0 Å². The maximum atomic E-state index is 14.0. The maximum Gasteiger partial charge on any atom is 0.147 e. The fraction of sp³-hybridized carbons (Fsp3) is 0.0625. The fourth-order valence-electron chi connectivity index (χ4n) is 2.24. The van der Waals surface area contributed by atoms with Crippen molar-refractivity contribution in [2.75, 3.05) is 0 Å². The second-order valence-corrected chi connectivity index (χ2v) is 5.11. The number of imidazole rings is 1. The van der Waals surface area contributed by atoms with Crippen molar-refractivity contribution in [3.05, 3.63) is 83.2 Å². The molecule has 0 bridgehead atoms. The van der Waals surface area contributed by atoms with Crippen LogP contribution in [0.15, 0.2) is 61.1 Å². The van der Waals surface area contributed by atoms with Gasteiger partial charge in [0, 0.05) is 5.02 Å². The molecule has 0 amide bonds. The number of benzene rings is 2. The quantitative estimate of drug-likeness (QED) is 0.801. The molecule has 0 radical (unpaired) electrons. The van der Waals surface area contributed by atoms with Gasteiger partial charge in [-0.25, -0.2) is 9.37 Å². The summed E-state index contributed by atoms with van der Waals surface area (Å²) in [5.41, 5.74) is 8.23. The second kappa shape index (κ2) is 5.68. The first kappa shape index (κ1) is 13.8. The SMILES string of the molecule is NC(c1ccccc1)c1cncn1-c1cc(Cl)ccc1F. The van der Waals surface area contributed by atoms with E-state index in [1.54, 1.807) is 16.8 Å². The largest absolute Gasteiger partial charge is 0.319 e. The summed E-state index contributed by atoms with van der Waals surface area (Å²) < 4.78 is 15.7. The third-order valence-corrected chi connectivity index (χ3v) is 3.55. The minimum atomic E-state index is -0.396. The lowest BCUT2D eigenvalue weighted by molar-refractivity contribution is 0.613. The number of rotatable bonds is 3. The molecule has 3 nitrogen and oxygen atoms in total. The normalized spacial score (nSPS) is 12.3. The molecule has 1 atom stereocenters. The van der Waals surface area contributed by atoms with Gasteiger partial charge < -0.3 is 5.73 Å². The molecule has 5 heteroatoms. The molecule has 0 aliphatic heterocycles. The molecule has 0 fully saturated rings. The highest BCUT2D eigenvalue weighted by Crippen LogP contribution is 2.25. The zero-order chi connectivity index (χ0) is 14.8. The first-order valence-corrected chi connectivity index (χ1v) is 6.83. The van der Waals surface area contributed by atoms with Crippen LogP contribution in [0.3, 0.4) is 0 Å². The van der Waals surface area contributed by atoms with E-state index < -0.39 is 6.04 Å². The smallest absolute Gasteiger partial charge is 0.147 e. The Balaban J connectivity index is 2.07. The van der Waals surface area contributed by atoms with Crippen LogP contribution in [-0.4, -0.2) is 9.55 Å². The van der Waals surface area contributed by atoms with Gasteiger partial charge in [-0.05, 0) is 23.8 Å². The van der Waals surface area contributed by atoms with Gasteiger partial charge >= 0.3 is 0 Å². The summed E-state index contributed by atoms with van der Waals surface area (Å²) in [4.78, 5) is 4.09. The van der Waals surface area contributed by atoms with Crippen molar-refractivity contribution in [3.8, 4) is 5.69 Å². The van der Waals surface area contributed by atoms with Gasteiger partial charge in [0.25, 0.3) is 0 Å². The Morgan fingerprint density at radius 1 is 1.14 bits per heavy atom. The Bertz CT molecular complexity index is 755. The minimum absolute atomic E-state index is 0.335. The molecule has 2 N–H and O–H groups in total. The van der Waals surface area contributed by atoms with E-state index >= 15 is 0 Å². The maximum absolute atomic E-state index is 14.0.